The molecule has 1 aromatic carbocycles. The second-order valence-corrected chi connectivity index (χ2v) is 10.8. The molecule has 2 unspecified atom stereocenters. The number of benzene rings is 1. The number of aryl methyl sites for hydroxylation is 1. The zero-order chi connectivity index (χ0) is 20.8. The molecular formula is C22H27FN4OS. The zero-order valence-electron chi connectivity index (χ0n) is 17.0. The summed E-state index contributed by atoms with van der Waals surface area (Å²) in [4.78, 5) is 4.60. The lowest BCUT2D eigenvalue weighted by molar-refractivity contribution is 0.582. The highest BCUT2D eigenvalue weighted by Gasteiger charge is 2.24. The minimum absolute atomic E-state index is 0.236. The first-order chi connectivity index (χ1) is 13.8. The van der Waals surface area contributed by atoms with Gasteiger partial charge in [0, 0.05) is 23.0 Å². The largest absolute Gasteiger partial charge is 0.316 e. The third-order valence-electron chi connectivity index (χ3n) is 5.82. The Bertz CT molecular complexity index is 1160. The van der Waals surface area contributed by atoms with Crippen LogP contribution in [-0.2, 0) is 16.1 Å². The van der Waals surface area contributed by atoms with E-state index in [1.54, 1.807) is 26.1 Å². The quantitative estimate of drug-likeness (QED) is 0.648. The summed E-state index contributed by atoms with van der Waals surface area (Å²) in [6.45, 7) is 7.57. The monoisotopic (exact) mass is 414 g/mol. The van der Waals surface area contributed by atoms with Crippen molar-refractivity contribution in [2.75, 3.05) is 13.1 Å². The first-order valence-corrected chi connectivity index (χ1v) is 11.6. The summed E-state index contributed by atoms with van der Waals surface area (Å²) in [6.07, 6.45) is 7.80. The average molecular weight is 415 g/mol. The van der Waals surface area contributed by atoms with Crippen molar-refractivity contribution >= 4 is 20.6 Å². The number of fused-ring (bicyclic) bond motifs is 1. The van der Waals surface area contributed by atoms with Crippen LogP contribution in [0.3, 0.4) is 0 Å². The molecule has 29 heavy (non-hydrogen) atoms. The van der Waals surface area contributed by atoms with Crippen molar-refractivity contribution in [3.05, 3.63) is 53.7 Å². The zero-order valence-corrected chi connectivity index (χ0v) is 17.9. The number of nitrogens with zero attached hydrogens (tertiary/aromatic N) is 2. The van der Waals surface area contributed by atoms with Gasteiger partial charge in [0.25, 0.3) is 0 Å². The van der Waals surface area contributed by atoms with E-state index in [-0.39, 0.29) is 4.90 Å². The molecule has 1 saturated heterocycles. The molecule has 0 radical (unpaired) electrons. The summed E-state index contributed by atoms with van der Waals surface area (Å²) in [5.41, 5.74) is 3.79. The fourth-order valence-electron chi connectivity index (χ4n) is 4.18. The van der Waals surface area contributed by atoms with E-state index in [4.69, 9.17) is 4.78 Å². The molecule has 5 nitrogen and oxygen atoms in total. The van der Waals surface area contributed by atoms with Crippen LogP contribution < -0.4 is 5.32 Å². The van der Waals surface area contributed by atoms with Crippen LogP contribution in [-0.4, -0.2) is 32.1 Å². The van der Waals surface area contributed by atoms with Gasteiger partial charge in [-0.15, -0.1) is 0 Å². The lowest BCUT2D eigenvalue weighted by atomic mass is 9.97. The maximum Gasteiger partial charge on any atom is 0.124 e. The van der Waals surface area contributed by atoms with E-state index < -0.39 is 20.8 Å². The van der Waals surface area contributed by atoms with Gasteiger partial charge in [-0.05, 0) is 81.9 Å². The van der Waals surface area contributed by atoms with E-state index >= 15 is 0 Å². The van der Waals surface area contributed by atoms with Crippen molar-refractivity contribution in [3.63, 3.8) is 0 Å². The molecule has 1 aliphatic heterocycles. The molecule has 3 heterocycles. The molecule has 0 amide bonds. The molecule has 0 spiro atoms. The van der Waals surface area contributed by atoms with E-state index in [2.05, 4.69) is 16.5 Å². The maximum absolute atomic E-state index is 14.1. The van der Waals surface area contributed by atoms with Crippen LogP contribution in [0.25, 0.3) is 16.6 Å². The van der Waals surface area contributed by atoms with Gasteiger partial charge in [-0.3, -0.25) is 4.98 Å². The van der Waals surface area contributed by atoms with Crippen LogP contribution in [0.5, 0.6) is 0 Å². The van der Waals surface area contributed by atoms with Crippen LogP contribution in [0.2, 0.25) is 0 Å². The molecule has 7 heteroatoms. The molecule has 0 saturated carbocycles. The van der Waals surface area contributed by atoms with Gasteiger partial charge in [0.15, 0.2) is 0 Å². The summed E-state index contributed by atoms with van der Waals surface area (Å²) >= 11 is 0. The Morgan fingerprint density at radius 1 is 1.38 bits per heavy atom. The first kappa shape index (κ1) is 20.0. The van der Waals surface area contributed by atoms with Crippen molar-refractivity contribution < 1.29 is 8.60 Å². The predicted octanol–water partition coefficient (Wildman–Crippen LogP) is 4.44. The molecule has 2 N–H and O–H groups in total. The van der Waals surface area contributed by atoms with Crippen molar-refractivity contribution in [2.24, 2.45) is 5.92 Å². The highest BCUT2D eigenvalue weighted by molar-refractivity contribution is 7.93. The lowest BCUT2D eigenvalue weighted by Crippen LogP contribution is -2.15. The third-order valence-corrected chi connectivity index (χ3v) is 8.13. The fraction of sp³-hybridized carbons (Fsp3) is 0.409. The van der Waals surface area contributed by atoms with Crippen molar-refractivity contribution in [1.82, 2.24) is 14.9 Å². The van der Waals surface area contributed by atoms with Crippen LogP contribution in [0, 0.1) is 23.4 Å². The Labute approximate surface area is 171 Å². The lowest BCUT2D eigenvalue weighted by Gasteiger charge is -2.17. The van der Waals surface area contributed by atoms with Gasteiger partial charge in [0.05, 0.1) is 32.0 Å². The topological polar surface area (TPSA) is 70.8 Å². The summed E-state index contributed by atoms with van der Waals surface area (Å²) < 4.78 is 37.7. The number of pyridine rings is 1. The normalized spacial score (nSPS) is 19.1. The number of rotatable bonds is 5. The number of halogens is 1. The molecule has 0 bridgehead atoms. The Morgan fingerprint density at radius 3 is 2.86 bits per heavy atom. The summed E-state index contributed by atoms with van der Waals surface area (Å²) in [7, 11) is -3.16. The van der Waals surface area contributed by atoms with Gasteiger partial charge in [-0.25, -0.2) is 13.4 Å². The Hall–Kier alpha value is -2.25. The number of hydrogen-bond acceptors (Lipinski definition) is 4. The van der Waals surface area contributed by atoms with Crippen LogP contribution >= 0.6 is 0 Å². The average Bonchev–Trinajstić information content (AvgIpc) is 3.31. The van der Waals surface area contributed by atoms with Crippen molar-refractivity contribution in [3.8, 4) is 5.69 Å². The van der Waals surface area contributed by atoms with Gasteiger partial charge >= 0.3 is 0 Å². The number of aromatic nitrogens is 2. The van der Waals surface area contributed by atoms with Crippen molar-refractivity contribution in [2.45, 2.75) is 43.8 Å². The van der Waals surface area contributed by atoms with Gasteiger partial charge in [0.1, 0.15) is 5.82 Å². The molecule has 2 atom stereocenters. The van der Waals surface area contributed by atoms with E-state index in [1.807, 2.05) is 17.7 Å². The van der Waals surface area contributed by atoms with Crippen LogP contribution in [0.1, 0.15) is 31.4 Å². The SMILES string of the molecule is Cc1cncc2c1c(CC1CCNC1)cn2-c1ccc(F)cc1S(=N)(=O)C(C)C. The van der Waals surface area contributed by atoms with Gasteiger partial charge < -0.3 is 9.88 Å². The molecule has 3 aromatic rings. The van der Waals surface area contributed by atoms with Crippen LogP contribution in [0.15, 0.2) is 41.7 Å². The van der Waals surface area contributed by atoms with Gasteiger partial charge in [0.2, 0.25) is 0 Å². The second kappa shape index (κ2) is 7.54. The van der Waals surface area contributed by atoms with E-state index in [0.29, 0.717) is 11.6 Å². The third kappa shape index (κ3) is 3.57. The molecule has 2 aromatic heterocycles. The molecule has 154 valence electrons. The standard InChI is InChI=1S/C22H27FN4OS/c1-14(2)29(24,28)21-9-18(23)4-5-19(21)27-13-17(8-16-6-7-25-11-16)22-15(3)10-26-12-20(22)27/h4-5,9-10,12-14,16,24-25H,6-8,11H2,1-3H3. The van der Waals surface area contributed by atoms with Gasteiger partial charge in [-0.1, -0.05) is 0 Å². The highest BCUT2D eigenvalue weighted by atomic mass is 32.2. The number of nitrogens with one attached hydrogen (secondary N) is 2. The summed E-state index contributed by atoms with van der Waals surface area (Å²) in [6, 6.07) is 4.24. The molecule has 0 aliphatic carbocycles. The van der Waals surface area contributed by atoms with Gasteiger partial charge in [-0.2, -0.15) is 0 Å². The van der Waals surface area contributed by atoms with E-state index in [1.165, 1.54) is 17.7 Å². The van der Waals surface area contributed by atoms with E-state index in [0.717, 1.165) is 42.4 Å². The van der Waals surface area contributed by atoms with Crippen molar-refractivity contribution in [1.29, 1.82) is 4.78 Å². The Kier molecular flexibility index (Phi) is 5.21. The first-order valence-electron chi connectivity index (χ1n) is 10.0. The summed E-state index contributed by atoms with van der Waals surface area (Å²) in [5.74, 6) is 0.0952. The molecule has 1 aliphatic rings. The maximum atomic E-state index is 14.1. The predicted molar refractivity (Wildman–Crippen MR) is 115 cm³/mol. The molecule has 4 rings (SSSR count). The highest BCUT2D eigenvalue weighted by Crippen LogP contribution is 2.33. The smallest absolute Gasteiger partial charge is 0.124 e. The second-order valence-electron chi connectivity index (χ2n) is 8.20. The molecular weight excluding hydrogens is 387 g/mol. The minimum Gasteiger partial charge on any atom is -0.316 e. The minimum atomic E-state index is -3.16. The summed E-state index contributed by atoms with van der Waals surface area (Å²) in [5, 5.41) is 4.14. The Balaban J connectivity index is 1.95. The van der Waals surface area contributed by atoms with Crippen LogP contribution in [0.4, 0.5) is 4.39 Å². The van der Waals surface area contributed by atoms with E-state index in [9.17, 15) is 8.60 Å². The number of hydrogen-bond donors (Lipinski definition) is 2. The Morgan fingerprint density at radius 2 is 2.17 bits per heavy atom. The molecule has 1 fully saturated rings. The fourth-order valence-corrected chi connectivity index (χ4v) is 5.45.